The van der Waals surface area contributed by atoms with Gasteiger partial charge in [0.05, 0.1) is 10.6 Å². The van der Waals surface area contributed by atoms with Crippen molar-refractivity contribution in [2.45, 2.75) is 18.7 Å². The third kappa shape index (κ3) is 3.03. The number of primary sulfonamides is 1. The highest BCUT2D eigenvalue weighted by Gasteiger charge is 2.16. The first-order valence-electron chi connectivity index (χ1n) is 5.65. The molecule has 20 heavy (non-hydrogen) atoms. The second-order valence-electron chi connectivity index (χ2n) is 4.17. The van der Waals surface area contributed by atoms with Gasteiger partial charge in [0, 0.05) is 12.6 Å². The zero-order valence-corrected chi connectivity index (χ0v) is 11.7. The van der Waals surface area contributed by atoms with Gasteiger partial charge < -0.3 is 9.73 Å². The number of nitrogens with zero attached hydrogens (tertiary/aromatic N) is 1. The van der Waals surface area contributed by atoms with E-state index < -0.39 is 15.9 Å². The maximum Gasteiger partial charge on any atom is 0.293 e. The van der Waals surface area contributed by atoms with Crippen molar-refractivity contribution in [3.05, 3.63) is 41.6 Å². The van der Waals surface area contributed by atoms with Crippen LogP contribution in [0.2, 0.25) is 0 Å². The van der Waals surface area contributed by atoms with Crippen molar-refractivity contribution in [1.82, 2.24) is 4.98 Å². The fourth-order valence-electron chi connectivity index (χ4n) is 1.66. The van der Waals surface area contributed by atoms with E-state index in [1.807, 2.05) is 0 Å². The molecule has 1 amide bonds. The predicted molar refractivity (Wildman–Crippen MR) is 71.7 cm³/mol. The lowest BCUT2D eigenvalue weighted by molar-refractivity contribution is 0.0994. The summed E-state index contributed by atoms with van der Waals surface area (Å²) in [5.41, 5.74) is 0.914. The van der Waals surface area contributed by atoms with E-state index in [9.17, 15) is 13.2 Å². The Morgan fingerprint density at radius 3 is 2.30 bits per heavy atom. The summed E-state index contributed by atoms with van der Waals surface area (Å²) < 4.78 is 27.4. The molecule has 1 aromatic carbocycles. The molecule has 1 heterocycles. The number of sulfonamides is 1. The smallest absolute Gasteiger partial charge is 0.293 e. The van der Waals surface area contributed by atoms with Crippen molar-refractivity contribution in [2.24, 2.45) is 5.14 Å². The lowest BCUT2D eigenvalue weighted by Gasteiger charge is -2.04. The number of aromatic nitrogens is 1. The van der Waals surface area contributed by atoms with Crippen LogP contribution in [0.3, 0.4) is 0 Å². The molecule has 106 valence electrons. The number of amides is 1. The van der Waals surface area contributed by atoms with E-state index in [0.29, 0.717) is 17.3 Å². The Balaban J connectivity index is 2.18. The minimum absolute atomic E-state index is 0.0258. The van der Waals surface area contributed by atoms with Crippen LogP contribution in [0.4, 0.5) is 5.69 Å². The molecule has 0 radical (unpaired) electrons. The van der Waals surface area contributed by atoms with Crippen LogP contribution < -0.4 is 10.5 Å². The van der Waals surface area contributed by atoms with Crippen molar-refractivity contribution in [3.63, 3.8) is 0 Å². The molecule has 0 aliphatic carbocycles. The Morgan fingerprint density at radius 2 is 1.85 bits per heavy atom. The average Bonchev–Trinajstić information content (AvgIpc) is 2.68. The van der Waals surface area contributed by atoms with E-state index in [2.05, 4.69) is 10.3 Å². The summed E-state index contributed by atoms with van der Waals surface area (Å²) in [6, 6.07) is 5.50. The number of carbonyl (C=O) groups is 1. The highest BCUT2D eigenvalue weighted by atomic mass is 32.2. The Hall–Kier alpha value is -2.19. The van der Waals surface area contributed by atoms with Crippen LogP contribution in [-0.2, 0) is 10.0 Å². The lowest BCUT2D eigenvalue weighted by Crippen LogP contribution is -2.14. The highest BCUT2D eigenvalue weighted by Crippen LogP contribution is 2.15. The molecular formula is C12H13N3O4S. The Bertz CT molecular complexity index is 748. The van der Waals surface area contributed by atoms with E-state index >= 15 is 0 Å². The molecule has 0 aliphatic heterocycles. The first-order valence-corrected chi connectivity index (χ1v) is 7.20. The van der Waals surface area contributed by atoms with Crippen LogP contribution in [-0.4, -0.2) is 19.3 Å². The summed E-state index contributed by atoms with van der Waals surface area (Å²) in [7, 11) is -3.74. The van der Waals surface area contributed by atoms with E-state index in [4.69, 9.17) is 9.56 Å². The summed E-state index contributed by atoms with van der Waals surface area (Å²) in [6.45, 7) is 3.31. The van der Waals surface area contributed by atoms with Gasteiger partial charge in [0.2, 0.25) is 15.8 Å². The van der Waals surface area contributed by atoms with Gasteiger partial charge in [0.1, 0.15) is 0 Å². The highest BCUT2D eigenvalue weighted by molar-refractivity contribution is 7.89. The number of anilines is 1. The molecule has 3 N–H and O–H groups in total. The summed E-state index contributed by atoms with van der Waals surface area (Å²) >= 11 is 0. The van der Waals surface area contributed by atoms with Gasteiger partial charge in [-0.1, -0.05) is 0 Å². The van der Waals surface area contributed by atoms with Crippen molar-refractivity contribution < 1.29 is 17.6 Å². The first-order chi connectivity index (χ1) is 9.27. The van der Waals surface area contributed by atoms with E-state index in [1.165, 1.54) is 24.3 Å². The number of nitrogens with one attached hydrogen (secondary N) is 1. The first kappa shape index (κ1) is 14.2. The fourth-order valence-corrected chi connectivity index (χ4v) is 2.17. The molecule has 0 saturated carbocycles. The van der Waals surface area contributed by atoms with Crippen LogP contribution in [0.25, 0.3) is 0 Å². The third-order valence-electron chi connectivity index (χ3n) is 2.55. The molecule has 7 nitrogen and oxygen atoms in total. The summed E-state index contributed by atoms with van der Waals surface area (Å²) in [5.74, 6) is 0.0710. The Kier molecular flexibility index (Phi) is 3.60. The summed E-state index contributed by atoms with van der Waals surface area (Å²) in [4.78, 5) is 15.9. The normalized spacial score (nSPS) is 11.3. The number of benzene rings is 1. The van der Waals surface area contributed by atoms with Gasteiger partial charge in [0.15, 0.2) is 5.89 Å². The Labute approximate surface area is 115 Å². The van der Waals surface area contributed by atoms with Crippen molar-refractivity contribution in [1.29, 1.82) is 0 Å². The summed E-state index contributed by atoms with van der Waals surface area (Å²) in [6.07, 6.45) is 0. The molecule has 2 rings (SSSR count). The molecule has 0 unspecified atom stereocenters. The third-order valence-corrected chi connectivity index (χ3v) is 3.48. The van der Waals surface area contributed by atoms with Crippen molar-refractivity contribution in [3.8, 4) is 0 Å². The van der Waals surface area contributed by atoms with Gasteiger partial charge >= 0.3 is 0 Å². The molecular weight excluding hydrogens is 282 g/mol. The number of oxazole rings is 1. The molecule has 8 heteroatoms. The van der Waals surface area contributed by atoms with Gasteiger partial charge in [-0.05, 0) is 31.2 Å². The second kappa shape index (κ2) is 5.06. The quantitative estimate of drug-likeness (QED) is 0.882. The number of hydrogen-bond donors (Lipinski definition) is 2. The van der Waals surface area contributed by atoms with Gasteiger partial charge in [-0.15, -0.1) is 0 Å². The van der Waals surface area contributed by atoms with Crippen molar-refractivity contribution in [2.75, 3.05) is 5.32 Å². The second-order valence-corrected chi connectivity index (χ2v) is 5.73. The maximum absolute atomic E-state index is 11.9. The van der Waals surface area contributed by atoms with Gasteiger partial charge in [-0.25, -0.2) is 18.5 Å². The lowest BCUT2D eigenvalue weighted by atomic mass is 10.3. The number of nitrogens with two attached hydrogens (primary N) is 1. The predicted octanol–water partition coefficient (Wildman–Crippen LogP) is 1.19. The fraction of sp³-hybridized carbons (Fsp3) is 0.167. The van der Waals surface area contributed by atoms with E-state index in [0.717, 1.165) is 0 Å². The minimum Gasteiger partial charge on any atom is -0.436 e. The zero-order chi connectivity index (χ0) is 14.9. The van der Waals surface area contributed by atoms with E-state index in [1.54, 1.807) is 13.8 Å². The van der Waals surface area contributed by atoms with Gasteiger partial charge in [-0.3, -0.25) is 4.79 Å². The van der Waals surface area contributed by atoms with Crippen LogP contribution in [0.1, 0.15) is 22.1 Å². The van der Waals surface area contributed by atoms with Gasteiger partial charge in [0.25, 0.3) is 5.91 Å². The van der Waals surface area contributed by atoms with E-state index in [-0.39, 0.29) is 10.7 Å². The Morgan fingerprint density at radius 1 is 1.25 bits per heavy atom. The maximum atomic E-state index is 11.9. The SMILES string of the molecule is Cc1nc(C)c(C(=O)Nc2ccc(S(N)(=O)=O)cc2)o1. The molecule has 0 fully saturated rings. The number of rotatable bonds is 3. The molecule has 0 bridgehead atoms. The number of carbonyl (C=O) groups excluding carboxylic acids is 1. The van der Waals surface area contributed by atoms with Crippen molar-refractivity contribution >= 4 is 21.6 Å². The molecule has 0 saturated heterocycles. The number of aryl methyl sites for hydroxylation is 2. The monoisotopic (exact) mass is 295 g/mol. The van der Waals surface area contributed by atoms with Crippen LogP contribution in [0.15, 0.2) is 33.6 Å². The van der Waals surface area contributed by atoms with Crippen LogP contribution >= 0.6 is 0 Å². The topological polar surface area (TPSA) is 115 Å². The van der Waals surface area contributed by atoms with Gasteiger partial charge in [-0.2, -0.15) is 0 Å². The number of hydrogen-bond acceptors (Lipinski definition) is 5. The largest absolute Gasteiger partial charge is 0.436 e. The molecule has 1 aromatic heterocycles. The molecule has 0 aliphatic rings. The molecule has 0 spiro atoms. The minimum atomic E-state index is -3.74. The average molecular weight is 295 g/mol. The van der Waals surface area contributed by atoms with Crippen LogP contribution in [0.5, 0.6) is 0 Å². The summed E-state index contributed by atoms with van der Waals surface area (Å²) in [5, 5.41) is 7.57. The standard InChI is InChI=1S/C12H13N3O4S/c1-7-11(19-8(2)14-7)12(16)15-9-3-5-10(6-4-9)20(13,17)18/h3-6H,1-2H3,(H,15,16)(H2,13,17,18). The van der Waals surface area contributed by atoms with Crippen LogP contribution in [0, 0.1) is 13.8 Å². The molecule has 0 atom stereocenters. The zero-order valence-electron chi connectivity index (χ0n) is 10.9. The molecule has 2 aromatic rings.